The second-order valence-corrected chi connectivity index (χ2v) is 3.19. The molecule has 1 N–H and O–H groups in total. The van der Waals surface area contributed by atoms with Crippen LogP contribution in [0.1, 0.15) is 24.8 Å². The van der Waals surface area contributed by atoms with Gasteiger partial charge in [0.15, 0.2) is 0 Å². The maximum atomic E-state index is 9.13. The molecule has 0 bridgehead atoms. The number of nitrogens with zero attached hydrogens (tertiary/aromatic N) is 1. The van der Waals surface area contributed by atoms with Crippen LogP contribution < -0.4 is 0 Å². The van der Waals surface area contributed by atoms with E-state index in [2.05, 4.69) is 0 Å². The molecule has 0 spiro atoms. The summed E-state index contributed by atoms with van der Waals surface area (Å²) in [6.07, 6.45) is -0.351. The van der Waals surface area contributed by atoms with Crippen LogP contribution in [0.25, 0.3) is 0 Å². The van der Waals surface area contributed by atoms with Crippen molar-refractivity contribution in [1.82, 2.24) is 0 Å². The fourth-order valence-corrected chi connectivity index (χ4v) is 1.31. The van der Waals surface area contributed by atoms with E-state index >= 15 is 0 Å². The molecule has 0 aliphatic heterocycles. The van der Waals surface area contributed by atoms with Gasteiger partial charge >= 0.3 is 0 Å². The summed E-state index contributed by atoms with van der Waals surface area (Å²) in [5.74, 6) is 0.232. The molecule has 0 saturated carbocycles. The molecule has 0 heterocycles. The molecule has 0 aromatic heterocycles. The molecule has 1 rings (SSSR count). The van der Waals surface area contributed by atoms with Crippen molar-refractivity contribution in [3.05, 3.63) is 35.9 Å². The summed E-state index contributed by atoms with van der Waals surface area (Å²) in [6, 6.07) is 11.7. The maximum absolute atomic E-state index is 9.13. The normalized spacial score (nSPS) is 14.5. The Kier molecular flexibility index (Phi) is 3.48. The van der Waals surface area contributed by atoms with Crippen LogP contribution >= 0.6 is 0 Å². The fourth-order valence-electron chi connectivity index (χ4n) is 1.31. The molecule has 2 nitrogen and oxygen atoms in total. The van der Waals surface area contributed by atoms with E-state index < -0.39 is 6.10 Å². The second kappa shape index (κ2) is 4.64. The van der Waals surface area contributed by atoms with Crippen molar-refractivity contribution in [2.45, 2.75) is 25.4 Å². The minimum Gasteiger partial charge on any atom is -0.378 e. The van der Waals surface area contributed by atoms with Crippen LogP contribution in [0.2, 0.25) is 0 Å². The lowest BCUT2D eigenvalue weighted by Gasteiger charge is -2.11. The molecule has 1 unspecified atom stereocenters. The monoisotopic (exact) mass is 175 g/mol. The van der Waals surface area contributed by atoms with Crippen LogP contribution in [0.5, 0.6) is 0 Å². The highest BCUT2D eigenvalue weighted by atomic mass is 16.3. The number of aliphatic hydroxyl groups is 1. The molecule has 1 aromatic rings. The molecule has 0 aliphatic carbocycles. The third-order valence-electron chi connectivity index (χ3n) is 2.09. The number of benzene rings is 1. The molecule has 68 valence electrons. The van der Waals surface area contributed by atoms with E-state index in [0.717, 1.165) is 5.56 Å². The molecule has 0 aliphatic rings. The molecular formula is C11H13NO. The fraction of sp³-hybridized carbons (Fsp3) is 0.364. The first-order valence-corrected chi connectivity index (χ1v) is 4.36. The Morgan fingerprint density at radius 3 is 2.54 bits per heavy atom. The number of hydrogen-bond donors (Lipinski definition) is 1. The summed E-state index contributed by atoms with van der Waals surface area (Å²) in [5, 5.41) is 17.6. The first-order valence-electron chi connectivity index (χ1n) is 4.36. The average Bonchev–Trinajstić information content (AvgIpc) is 2.19. The smallest absolute Gasteiger partial charge is 0.141 e. The van der Waals surface area contributed by atoms with Gasteiger partial charge in [-0.3, -0.25) is 0 Å². The number of rotatable bonds is 3. The van der Waals surface area contributed by atoms with Gasteiger partial charge < -0.3 is 5.11 Å². The molecule has 13 heavy (non-hydrogen) atoms. The van der Waals surface area contributed by atoms with Crippen molar-refractivity contribution in [3.63, 3.8) is 0 Å². The van der Waals surface area contributed by atoms with Crippen LogP contribution in [-0.2, 0) is 0 Å². The van der Waals surface area contributed by atoms with Gasteiger partial charge in [-0.15, -0.1) is 0 Å². The number of nitriles is 1. The van der Waals surface area contributed by atoms with Gasteiger partial charge in [-0.2, -0.15) is 5.26 Å². The Bertz CT molecular complexity index is 289. The molecule has 0 saturated heterocycles. The Hall–Kier alpha value is -1.33. The summed E-state index contributed by atoms with van der Waals surface area (Å²) in [4.78, 5) is 0. The van der Waals surface area contributed by atoms with E-state index in [-0.39, 0.29) is 5.92 Å². The largest absolute Gasteiger partial charge is 0.378 e. The van der Waals surface area contributed by atoms with Crippen molar-refractivity contribution >= 4 is 0 Å². The van der Waals surface area contributed by atoms with Crippen LogP contribution in [0, 0.1) is 11.3 Å². The zero-order valence-corrected chi connectivity index (χ0v) is 7.64. The average molecular weight is 175 g/mol. The van der Waals surface area contributed by atoms with E-state index in [1.807, 2.05) is 43.3 Å². The van der Waals surface area contributed by atoms with Gasteiger partial charge in [0, 0.05) is 0 Å². The number of aliphatic hydroxyl groups excluding tert-OH is 1. The van der Waals surface area contributed by atoms with Crippen LogP contribution in [-0.4, -0.2) is 11.2 Å². The zero-order valence-electron chi connectivity index (χ0n) is 7.64. The third kappa shape index (κ3) is 2.89. The van der Waals surface area contributed by atoms with Crippen molar-refractivity contribution in [2.75, 3.05) is 0 Å². The van der Waals surface area contributed by atoms with E-state index in [1.165, 1.54) is 0 Å². The highest BCUT2D eigenvalue weighted by molar-refractivity contribution is 5.19. The molecule has 0 fully saturated rings. The predicted octanol–water partition coefficient (Wildman–Crippen LogP) is 2.06. The van der Waals surface area contributed by atoms with Gasteiger partial charge in [-0.05, 0) is 17.9 Å². The summed E-state index contributed by atoms with van der Waals surface area (Å²) in [6.45, 7) is 2.01. The van der Waals surface area contributed by atoms with Gasteiger partial charge in [0.2, 0.25) is 0 Å². The molecule has 0 radical (unpaired) electrons. The Morgan fingerprint density at radius 1 is 1.38 bits per heavy atom. The molecule has 2 atom stereocenters. The molecule has 1 aromatic carbocycles. The number of hydrogen-bond acceptors (Lipinski definition) is 2. The highest BCUT2D eigenvalue weighted by Gasteiger charge is 2.10. The standard InChI is InChI=1S/C11H13NO/c1-9(7-11(13)8-12)10-5-3-2-4-6-10/h2-6,9,11,13H,7H2,1H3/t9?,11-/m0/s1. The molecule has 2 heteroatoms. The van der Waals surface area contributed by atoms with Crippen molar-refractivity contribution in [3.8, 4) is 6.07 Å². The summed E-state index contributed by atoms with van der Waals surface area (Å²) < 4.78 is 0. The Morgan fingerprint density at radius 2 is 2.00 bits per heavy atom. The van der Waals surface area contributed by atoms with Gasteiger partial charge in [0.25, 0.3) is 0 Å². The predicted molar refractivity (Wildman–Crippen MR) is 51.1 cm³/mol. The van der Waals surface area contributed by atoms with Gasteiger partial charge in [0.05, 0.1) is 6.07 Å². The van der Waals surface area contributed by atoms with Crippen LogP contribution in [0.4, 0.5) is 0 Å². The van der Waals surface area contributed by atoms with Crippen molar-refractivity contribution in [1.29, 1.82) is 5.26 Å². The topological polar surface area (TPSA) is 44.0 Å². The first-order chi connectivity index (χ1) is 6.24. The maximum Gasteiger partial charge on any atom is 0.141 e. The summed E-state index contributed by atoms with van der Waals surface area (Å²) >= 11 is 0. The van der Waals surface area contributed by atoms with E-state index in [0.29, 0.717) is 6.42 Å². The van der Waals surface area contributed by atoms with Crippen LogP contribution in [0.15, 0.2) is 30.3 Å². The van der Waals surface area contributed by atoms with Gasteiger partial charge in [-0.1, -0.05) is 37.3 Å². The Balaban J connectivity index is 2.60. The summed E-state index contributed by atoms with van der Waals surface area (Å²) in [7, 11) is 0. The SMILES string of the molecule is CC(C[C@H](O)C#N)c1ccccc1. The van der Waals surface area contributed by atoms with Crippen LogP contribution in [0.3, 0.4) is 0 Å². The van der Waals surface area contributed by atoms with E-state index in [4.69, 9.17) is 10.4 Å². The quantitative estimate of drug-likeness (QED) is 0.714. The minimum atomic E-state index is -0.852. The lowest BCUT2D eigenvalue weighted by atomic mass is 9.95. The highest BCUT2D eigenvalue weighted by Crippen LogP contribution is 2.19. The Labute approximate surface area is 78.4 Å². The first kappa shape index (κ1) is 9.76. The lowest BCUT2D eigenvalue weighted by molar-refractivity contribution is 0.211. The summed E-state index contributed by atoms with van der Waals surface area (Å²) in [5.41, 5.74) is 1.16. The van der Waals surface area contributed by atoms with E-state index in [1.54, 1.807) is 0 Å². The van der Waals surface area contributed by atoms with Gasteiger partial charge in [0.1, 0.15) is 6.10 Å². The third-order valence-corrected chi connectivity index (χ3v) is 2.09. The second-order valence-electron chi connectivity index (χ2n) is 3.19. The van der Waals surface area contributed by atoms with Crippen molar-refractivity contribution < 1.29 is 5.11 Å². The molecule has 0 amide bonds. The van der Waals surface area contributed by atoms with E-state index in [9.17, 15) is 0 Å². The van der Waals surface area contributed by atoms with Crippen molar-refractivity contribution in [2.24, 2.45) is 0 Å². The lowest BCUT2D eigenvalue weighted by Crippen LogP contribution is -2.07. The minimum absolute atomic E-state index is 0.232. The van der Waals surface area contributed by atoms with Gasteiger partial charge in [-0.25, -0.2) is 0 Å². The molecular weight excluding hydrogens is 162 g/mol. The zero-order chi connectivity index (χ0) is 9.68.